The number of pyridine rings is 1. The second-order valence-electron chi connectivity index (χ2n) is 10.2. The summed E-state index contributed by atoms with van der Waals surface area (Å²) in [6.45, 7) is 1.91. The largest absolute Gasteiger partial charge is 0.383 e. The third-order valence-corrected chi connectivity index (χ3v) is 7.33. The van der Waals surface area contributed by atoms with E-state index in [1.54, 1.807) is 18.3 Å². The topological polar surface area (TPSA) is 120 Å². The van der Waals surface area contributed by atoms with Gasteiger partial charge < -0.3 is 25.7 Å². The number of nitrogens with one attached hydrogen (secondary N) is 2. The molecule has 0 unspecified atom stereocenters. The molecule has 9 nitrogen and oxygen atoms in total. The quantitative estimate of drug-likeness (QED) is 0.237. The highest BCUT2D eigenvalue weighted by atomic mass is 19.1. The average molecular weight is 564 g/mol. The van der Waals surface area contributed by atoms with Crippen molar-refractivity contribution in [2.24, 2.45) is 7.05 Å². The van der Waals surface area contributed by atoms with Gasteiger partial charge in [0, 0.05) is 38.1 Å². The molecule has 0 atom stereocenters. The first-order valence-electron chi connectivity index (χ1n) is 13.6. The number of hydrogen-bond acceptors (Lipinski definition) is 7. The van der Waals surface area contributed by atoms with Gasteiger partial charge in [0.1, 0.15) is 29.4 Å². The Morgan fingerprint density at radius 3 is 2.60 bits per heavy atom. The summed E-state index contributed by atoms with van der Waals surface area (Å²) in [7, 11) is 1.93. The second-order valence-corrected chi connectivity index (χ2v) is 10.2. The highest BCUT2D eigenvalue weighted by Crippen LogP contribution is 2.32. The third kappa shape index (κ3) is 5.70. The predicted octanol–water partition coefficient (Wildman–Crippen LogP) is 4.75. The zero-order valence-electron chi connectivity index (χ0n) is 23.1. The molecular formula is C32H30FN7O2. The Morgan fingerprint density at radius 2 is 1.83 bits per heavy atom. The summed E-state index contributed by atoms with van der Waals surface area (Å²) < 4.78 is 20.6. The number of carbonyl (C=O) groups is 1. The maximum absolute atomic E-state index is 13.3. The van der Waals surface area contributed by atoms with Gasteiger partial charge in [-0.25, -0.2) is 19.3 Å². The molecule has 0 fully saturated rings. The van der Waals surface area contributed by atoms with Crippen molar-refractivity contribution in [1.82, 2.24) is 24.8 Å². The van der Waals surface area contributed by atoms with Gasteiger partial charge in [-0.3, -0.25) is 4.79 Å². The van der Waals surface area contributed by atoms with Gasteiger partial charge in [0.15, 0.2) is 0 Å². The molecule has 6 rings (SSSR count). The standard InChI is InChI=1S/C32H30FN7O2/c1-40-17-27(28-29(34)38-19-39-31(28)40)22-6-2-21(3-7-22)15-36-30-26(14-24(16-37-30)23-11-13-42-18-23)32(41)35-12-10-20-4-8-25(33)9-5-20/h2-9,11,14,16-17,19H,10,12-13,15,18H2,1H3,(H,35,41)(H,36,37)(H2,34,38,39). The van der Waals surface area contributed by atoms with Crippen LogP contribution in [0.5, 0.6) is 0 Å². The number of benzene rings is 2. The van der Waals surface area contributed by atoms with E-state index in [1.807, 2.05) is 54.2 Å². The van der Waals surface area contributed by atoms with Crippen LogP contribution in [0.4, 0.5) is 16.0 Å². The molecule has 212 valence electrons. The Labute approximate surface area is 242 Å². The van der Waals surface area contributed by atoms with Gasteiger partial charge in [-0.2, -0.15) is 0 Å². The molecule has 0 radical (unpaired) electrons. The summed E-state index contributed by atoms with van der Waals surface area (Å²) in [5, 5.41) is 7.14. The summed E-state index contributed by atoms with van der Waals surface area (Å²) in [5.41, 5.74) is 13.2. The number of amides is 1. The minimum absolute atomic E-state index is 0.236. The lowest BCUT2D eigenvalue weighted by Crippen LogP contribution is -2.27. The van der Waals surface area contributed by atoms with Crippen LogP contribution in [0.25, 0.3) is 27.7 Å². The fourth-order valence-corrected chi connectivity index (χ4v) is 5.05. The van der Waals surface area contributed by atoms with Crippen LogP contribution in [-0.2, 0) is 24.8 Å². The number of nitrogen functional groups attached to an aromatic ring is 1. The monoisotopic (exact) mass is 563 g/mol. The first-order valence-corrected chi connectivity index (χ1v) is 13.6. The molecule has 4 N–H and O–H groups in total. The van der Waals surface area contributed by atoms with Crippen molar-refractivity contribution in [2.45, 2.75) is 13.0 Å². The van der Waals surface area contributed by atoms with Gasteiger partial charge in [-0.1, -0.05) is 42.5 Å². The number of anilines is 2. The maximum atomic E-state index is 13.3. The summed E-state index contributed by atoms with van der Waals surface area (Å²) in [6.07, 6.45) is 7.81. The Balaban J connectivity index is 1.18. The molecule has 0 aliphatic carbocycles. The maximum Gasteiger partial charge on any atom is 0.255 e. The number of ether oxygens (including phenoxy) is 1. The van der Waals surface area contributed by atoms with Crippen molar-refractivity contribution in [1.29, 1.82) is 0 Å². The second kappa shape index (κ2) is 11.8. The molecule has 5 aromatic rings. The van der Waals surface area contributed by atoms with E-state index in [1.165, 1.54) is 18.5 Å². The van der Waals surface area contributed by atoms with E-state index < -0.39 is 0 Å². The molecule has 0 bridgehead atoms. The predicted molar refractivity (Wildman–Crippen MR) is 161 cm³/mol. The lowest BCUT2D eigenvalue weighted by Gasteiger charge is -2.14. The van der Waals surface area contributed by atoms with Crippen LogP contribution in [0.15, 0.2) is 79.4 Å². The van der Waals surface area contributed by atoms with E-state index in [0.717, 1.165) is 44.4 Å². The number of aromatic nitrogens is 4. The van der Waals surface area contributed by atoms with Crippen LogP contribution in [0, 0.1) is 5.82 Å². The van der Waals surface area contributed by atoms with Crippen molar-refractivity contribution >= 4 is 34.1 Å². The van der Waals surface area contributed by atoms with Gasteiger partial charge in [-0.05, 0) is 52.4 Å². The molecule has 4 heterocycles. The number of aryl methyl sites for hydroxylation is 1. The first-order chi connectivity index (χ1) is 20.5. The van der Waals surface area contributed by atoms with Crippen LogP contribution in [-0.4, -0.2) is 45.2 Å². The summed E-state index contributed by atoms with van der Waals surface area (Å²) in [6, 6.07) is 16.2. The van der Waals surface area contributed by atoms with Crippen LogP contribution in [0.1, 0.15) is 27.0 Å². The molecule has 2 aromatic carbocycles. The van der Waals surface area contributed by atoms with E-state index in [-0.39, 0.29) is 11.7 Å². The highest BCUT2D eigenvalue weighted by molar-refractivity contribution is 6.01. The minimum atomic E-state index is -0.283. The van der Waals surface area contributed by atoms with E-state index in [2.05, 4.69) is 25.6 Å². The number of rotatable bonds is 9. The van der Waals surface area contributed by atoms with Gasteiger partial charge in [0.2, 0.25) is 0 Å². The van der Waals surface area contributed by atoms with Crippen LogP contribution in [0.3, 0.4) is 0 Å². The van der Waals surface area contributed by atoms with E-state index in [4.69, 9.17) is 10.5 Å². The van der Waals surface area contributed by atoms with E-state index in [9.17, 15) is 9.18 Å². The summed E-state index contributed by atoms with van der Waals surface area (Å²) >= 11 is 0. The summed E-state index contributed by atoms with van der Waals surface area (Å²) in [5.74, 6) is 0.411. The first kappa shape index (κ1) is 27.1. The van der Waals surface area contributed by atoms with Crippen LogP contribution >= 0.6 is 0 Å². The molecule has 0 saturated heterocycles. The fraction of sp³-hybridized carbons (Fsp3) is 0.188. The van der Waals surface area contributed by atoms with Gasteiger partial charge >= 0.3 is 0 Å². The fourth-order valence-electron chi connectivity index (χ4n) is 5.05. The molecule has 10 heteroatoms. The zero-order chi connectivity index (χ0) is 29.1. The van der Waals surface area contributed by atoms with E-state index in [0.29, 0.717) is 49.9 Å². The Morgan fingerprint density at radius 1 is 1.05 bits per heavy atom. The molecule has 1 amide bonds. The van der Waals surface area contributed by atoms with Crippen molar-refractivity contribution in [3.05, 3.63) is 107 Å². The van der Waals surface area contributed by atoms with Gasteiger partial charge in [0.25, 0.3) is 5.91 Å². The number of nitrogens with zero attached hydrogens (tertiary/aromatic N) is 4. The third-order valence-electron chi connectivity index (χ3n) is 7.33. The van der Waals surface area contributed by atoms with E-state index >= 15 is 0 Å². The Bertz CT molecular complexity index is 1780. The normalized spacial score (nSPS) is 12.9. The highest BCUT2D eigenvalue weighted by Gasteiger charge is 2.17. The van der Waals surface area contributed by atoms with Crippen LogP contribution in [0.2, 0.25) is 0 Å². The van der Waals surface area contributed by atoms with Crippen molar-refractivity contribution in [3.63, 3.8) is 0 Å². The molecule has 3 aromatic heterocycles. The molecule has 42 heavy (non-hydrogen) atoms. The van der Waals surface area contributed by atoms with Crippen LogP contribution < -0.4 is 16.4 Å². The van der Waals surface area contributed by atoms with Gasteiger partial charge in [-0.15, -0.1) is 0 Å². The molecule has 1 aliphatic rings. The number of halogens is 1. The molecule has 1 aliphatic heterocycles. The minimum Gasteiger partial charge on any atom is -0.383 e. The van der Waals surface area contributed by atoms with Crippen molar-refractivity contribution in [2.75, 3.05) is 30.8 Å². The zero-order valence-corrected chi connectivity index (χ0v) is 23.1. The lowest BCUT2D eigenvalue weighted by molar-refractivity contribution is 0.0954. The smallest absolute Gasteiger partial charge is 0.255 e. The Kier molecular flexibility index (Phi) is 7.61. The number of fused-ring (bicyclic) bond motifs is 1. The van der Waals surface area contributed by atoms with Crippen molar-refractivity contribution in [3.8, 4) is 11.1 Å². The summed E-state index contributed by atoms with van der Waals surface area (Å²) in [4.78, 5) is 26.4. The number of carbonyl (C=O) groups excluding carboxylic acids is 1. The van der Waals surface area contributed by atoms with Crippen molar-refractivity contribution < 1.29 is 13.9 Å². The SMILES string of the molecule is Cn1cc(-c2ccc(CNc3ncc(C4=CCOC4)cc3C(=O)NCCc3ccc(F)cc3)cc2)c2c(N)ncnc21. The molecular weight excluding hydrogens is 533 g/mol. The van der Waals surface area contributed by atoms with Gasteiger partial charge in [0.05, 0.1) is 24.2 Å². The molecule has 0 saturated carbocycles. The number of hydrogen-bond donors (Lipinski definition) is 3. The lowest BCUT2D eigenvalue weighted by atomic mass is 10.0. The Hall–Kier alpha value is -5.09. The average Bonchev–Trinajstić information content (AvgIpc) is 3.67. The molecule has 0 spiro atoms. The number of nitrogens with two attached hydrogens (primary N) is 1.